The highest BCUT2D eigenvalue weighted by Crippen LogP contribution is 2.61. The van der Waals surface area contributed by atoms with Gasteiger partial charge in [0.25, 0.3) is 0 Å². The van der Waals surface area contributed by atoms with Crippen molar-refractivity contribution in [1.29, 1.82) is 0 Å². The molecule has 4 bridgehead atoms. The van der Waals surface area contributed by atoms with E-state index in [2.05, 4.69) is 5.32 Å². The highest BCUT2D eigenvalue weighted by molar-refractivity contribution is 8.02. The van der Waals surface area contributed by atoms with Crippen molar-refractivity contribution < 1.29 is 13.2 Å². The Morgan fingerprint density at radius 3 is 2.25 bits per heavy atom. The van der Waals surface area contributed by atoms with Gasteiger partial charge in [-0.15, -0.1) is 11.8 Å². The molecular formula is C21H30N2O3S2. The number of nitrogens with zero attached hydrogens (tertiary/aromatic N) is 1. The molecule has 1 aromatic rings. The van der Waals surface area contributed by atoms with E-state index in [1.54, 1.807) is 18.2 Å². The molecule has 0 aliphatic heterocycles. The van der Waals surface area contributed by atoms with E-state index in [-0.39, 0.29) is 20.8 Å². The van der Waals surface area contributed by atoms with E-state index in [0.717, 1.165) is 17.8 Å². The van der Waals surface area contributed by atoms with Gasteiger partial charge in [0.1, 0.15) is 0 Å². The molecule has 0 spiro atoms. The van der Waals surface area contributed by atoms with Crippen LogP contribution in [0.25, 0.3) is 0 Å². The van der Waals surface area contributed by atoms with Crippen molar-refractivity contribution >= 4 is 33.4 Å². The monoisotopic (exact) mass is 422 g/mol. The van der Waals surface area contributed by atoms with Gasteiger partial charge < -0.3 is 5.32 Å². The van der Waals surface area contributed by atoms with E-state index in [4.69, 9.17) is 0 Å². The number of carbonyl (C=O) groups is 1. The molecule has 4 fully saturated rings. The summed E-state index contributed by atoms with van der Waals surface area (Å²) in [5.41, 5.74) is 0.533. The first kappa shape index (κ1) is 20.2. The fraction of sp³-hybridized carbons (Fsp3) is 0.667. The summed E-state index contributed by atoms with van der Waals surface area (Å²) in [6.45, 7) is 1.99. The van der Waals surface area contributed by atoms with Crippen LogP contribution in [0.4, 0.5) is 5.69 Å². The van der Waals surface area contributed by atoms with Gasteiger partial charge in [-0.05, 0) is 81.4 Å². The summed E-state index contributed by atoms with van der Waals surface area (Å²) < 4.78 is 26.1. The van der Waals surface area contributed by atoms with Crippen molar-refractivity contribution in [3.05, 3.63) is 24.3 Å². The van der Waals surface area contributed by atoms with E-state index in [0.29, 0.717) is 5.69 Å². The summed E-state index contributed by atoms with van der Waals surface area (Å²) in [5.74, 6) is 2.55. The number of thioether (sulfide) groups is 1. The molecule has 7 heteroatoms. The summed E-state index contributed by atoms with van der Waals surface area (Å²) >= 11 is 1.86. The maximum absolute atomic E-state index is 12.8. The molecule has 5 rings (SSSR count). The summed E-state index contributed by atoms with van der Waals surface area (Å²) in [6, 6.07) is 6.51. The van der Waals surface area contributed by atoms with Crippen LogP contribution < -0.4 is 5.32 Å². The van der Waals surface area contributed by atoms with Crippen molar-refractivity contribution in [3.8, 4) is 0 Å². The fourth-order valence-corrected chi connectivity index (χ4v) is 8.65. The van der Waals surface area contributed by atoms with Crippen LogP contribution in [0.3, 0.4) is 0 Å². The topological polar surface area (TPSA) is 66.5 Å². The largest absolute Gasteiger partial charge is 0.325 e. The zero-order valence-electron chi connectivity index (χ0n) is 16.8. The third-order valence-electron chi connectivity index (χ3n) is 6.66. The van der Waals surface area contributed by atoms with Crippen molar-refractivity contribution in [1.82, 2.24) is 4.31 Å². The van der Waals surface area contributed by atoms with Gasteiger partial charge in [0.2, 0.25) is 15.9 Å². The molecule has 0 aromatic heterocycles. The van der Waals surface area contributed by atoms with Gasteiger partial charge in [0.05, 0.1) is 10.1 Å². The lowest BCUT2D eigenvalue weighted by Gasteiger charge is -2.57. The van der Waals surface area contributed by atoms with Crippen LogP contribution >= 0.6 is 11.8 Å². The Bertz CT molecular complexity index is 831. The Balaban J connectivity index is 1.43. The maximum Gasteiger partial charge on any atom is 0.242 e. The predicted octanol–water partition coefficient (Wildman–Crippen LogP) is 3.97. The smallest absolute Gasteiger partial charge is 0.242 e. The highest BCUT2D eigenvalue weighted by atomic mass is 32.2. The van der Waals surface area contributed by atoms with Crippen LogP contribution in [0.5, 0.6) is 0 Å². The van der Waals surface area contributed by atoms with Gasteiger partial charge in [-0.3, -0.25) is 4.79 Å². The Morgan fingerprint density at radius 2 is 1.71 bits per heavy atom. The van der Waals surface area contributed by atoms with Gasteiger partial charge >= 0.3 is 0 Å². The number of rotatable bonds is 6. The number of benzene rings is 1. The molecule has 0 saturated heterocycles. The quantitative estimate of drug-likeness (QED) is 0.753. The lowest BCUT2D eigenvalue weighted by molar-refractivity contribution is -0.115. The molecule has 154 valence electrons. The number of hydrogen-bond donors (Lipinski definition) is 1. The molecule has 28 heavy (non-hydrogen) atoms. The first-order chi connectivity index (χ1) is 13.2. The second-order valence-electron chi connectivity index (χ2n) is 9.17. The van der Waals surface area contributed by atoms with Crippen molar-refractivity contribution in [2.24, 2.45) is 17.8 Å². The van der Waals surface area contributed by atoms with E-state index >= 15 is 0 Å². The molecule has 1 unspecified atom stereocenters. The number of sulfonamides is 1. The molecule has 1 N–H and O–H groups in total. The summed E-state index contributed by atoms with van der Waals surface area (Å²) in [6.07, 6.45) is 7.97. The maximum atomic E-state index is 12.8. The Hall–Kier alpha value is -1.05. The lowest BCUT2D eigenvalue weighted by Crippen LogP contribution is -2.49. The minimum Gasteiger partial charge on any atom is -0.325 e. The van der Waals surface area contributed by atoms with E-state index < -0.39 is 10.0 Å². The van der Waals surface area contributed by atoms with E-state index in [1.165, 1.54) is 63.0 Å². The number of nitrogens with one attached hydrogen (secondary N) is 1. The van der Waals surface area contributed by atoms with E-state index in [9.17, 15) is 13.2 Å². The lowest BCUT2D eigenvalue weighted by atomic mass is 9.56. The molecule has 1 amide bonds. The third kappa shape index (κ3) is 3.85. The van der Waals surface area contributed by atoms with Gasteiger partial charge in [0.15, 0.2) is 0 Å². The van der Waals surface area contributed by atoms with Crippen LogP contribution in [-0.4, -0.2) is 42.7 Å². The summed E-state index contributed by atoms with van der Waals surface area (Å²) in [7, 11) is -0.505. The first-order valence-corrected chi connectivity index (χ1v) is 12.5. The van der Waals surface area contributed by atoms with Crippen LogP contribution in [-0.2, 0) is 14.8 Å². The standard InChI is InChI=1S/C21H30N2O3S2/c1-14(27-21-11-15-7-16(12-21)9-17(8-15)13-21)20(24)22-18-5-4-6-19(10-18)28(25,26)23(2)3/h4-6,10,14-17H,7-9,11-13H2,1-3H3,(H,22,24). The molecule has 4 aliphatic carbocycles. The van der Waals surface area contributed by atoms with Crippen LogP contribution in [0.2, 0.25) is 0 Å². The average Bonchev–Trinajstić information content (AvgIpc) is 2.60. The zero-order chi connectivity index (χ0) is 20.1. The SMILES string of the molecule is CC(SC12CC3CC(CC(C3)C1)C2)C(=O)Nc1cccc(S(=O)(=O)N(C)C)c1. The molecule has 4 aliphatic rings. The summed E-state index contributed by atoms with van der Waals surface area (Å²) in [5, 5.41) is 2.79. The second-order valence-corrected chi connectivity index (χ2v) is 13.1. The number of anilines is 1. The van der Waals surface area contributed by atoms with Crippen molar-refractivity contribution in [3.63, 3.8) is 0 Å². The van der Waals surface area contributed by atoms with Gasteiger partial charge in [-0.2, -0.15) is 0 Å². The minimum absolute atomic E-state index is 0.0415. The molecule has 1 atom stereocenters. The van der Waals surface area contributed by atoms with Gasteiger partial charge in [0, 0.05) is 24.5 Å². The average molecular weight is 423 g/mol. The van der Waals surface area contributed by atoms with Crippen molar-refractivity contribution in [2.45, 2.75) is 60.3 Å². The molecular weight excluding hydrogens is 392 g/mol. The number of amides is 1. The minimum atomic E-state index is -3.51. The molecule has 0 radical (unpaired) electrons. The van der Waals surface area contributed by atoms with Crippen LogP contribution in [0.15, 0.2) is 29.2 Å². The molecule has 5 nitrogen and oxygen atoms in total. The highest BCUT2D eigenvalue weighted by Gasteiger charge is 2.52. The van der Waals surface area contributed by atoms with E-state index in [1.807, 2.05) is 18.7 Å². The molecule has 4 saturated carbocycles. The Morgan fingerprint density at radius 1 is 1.14 bits per heavy atom. The van der Waals surface area contributed by atoms with Gasteiger partial charge in [-0.25, -0.2) is 12.7 Å². The third-order valence-corrected chi connectivity index (χ3v) is 10.0. The van der Waals surface area contributed by atoms with Gasteiger partial charge in [-0.1, -0.05) is 6.07 Å². The Kier molecular flexibility index (Phi) is 5.30. The second kappa shape index (κ2) is 7.33. The predicted molar refractivity (Wildman–Crippen MR) is 114 cm³/mol. The first-order valence-electron chi connectivity index (χ1n) is 10.2. The van der Waals surface area contributed by atoms with Crippen LogP contribution in [0.1, 0.15) is 45.4 Å². The normalized spacial score (nSPS) is 32.5. The van der Waals surface area contributed by atoms with Crippen molar-refractivity contribution in [2.75, 3.05) is 19.4 Å². The Labute approximate surface area is 172 Å². The summed E-state index contributed by atoms with van der Waals surface area (Å²) in [4.78, 5) is 13.0. The number of carbonyl (C=O) groups excluding carboxylic acids is 1. The number of hydrogen-bond acceptors (Lipinski definition) is 4. The fourth-order valence-electron chi connectivity index (χ4n) is 5.79. The molecule has 0 heterocycles. The van der Waals surface area contributed by atoms with Crippen LogP contribution in [0, 0.1) is 17.8 Å². The zero-order valence-corrected chi connectivity index (χ0v) is 18.5. The molecule has 1 aromatic carbocycles.